The molecule has 6 rings (SSSR count). The predicted molar refractivity (Wildman–Crippen MR) is 159 cm³/mol. The van der Waals surface area contributed by atoms with Crippen LogP contribution in [0.1, 0.15) is 72.3 Å². The maximum Gasteiger partial charge on any atom is 0.416 e. The Morgan fingerprint density at radius 2 is 1.71 bits per heavy atom. The molecule has 2 aliphatic rings. The quantitative estimate of drug-likeness (QED) is 0.183. The topological polar surface area (TPSA) is 105 Å². The van der Waals surface area contributed by atoms with Crippen molar-refractivity contribution in [1.82, 2.24) is 15.3 Å². The molecule has 45 heavy (non-hydrogen) atoms. The van der Waals surface area contributed by atoms with Crippen molar-refractivity contribution in [1.29, 1.82) is 0 Å². The van der Waals surface area contributed by atoms with Crippen molar-refractivity contribution in [2.45, 2.75) is 69.9 Å². The minimum absolute atomic E-state index is 0.00480. The fourth-order valence-corrected chi connectivity index (χ4v) is 5.44. The SMILES string of the molecule is Cc1cnc2c(OC3CC3)cc(C(=O)NC[C@](O)(c3cc(C(C)(C)O)c(F)c(-c4ccc(C(F)(F)F)cc4)n3)C3CC3)cc2c1. The van der Waals surface area contributed by atoms with E-state index in [-0.39, 0.29) is 41.1 Å². The Balaban J connectivity index is 1.35. The van der Waals surface area contributed by atoms with Crippen LogP contribution in [-0.4, -0.2) is 38.7 Å². The van der Waals surface area contributed by atoms with Crippen LogP contribution in [0.25, 0.3) is 22.2 Å². The molecule has 11 heteroatoms. The summed E-state index contributed by atoms with van der Waals surface area (Å²) >= 11 is 0. The number of nitrogens with zero attached hydrogens (tertiary/aromatic N) is 2. The maximum absolute atomic E-state index is 15.8. The van der Waals surface area contributed by atoms with Crippen LogP contribution in [0, 0.1) is 18.7 Å². The van der Waals surface area contributed by atoms with E-state index < -0.39 is 34.7 Å². The second kappa shape index (κ2) is 11.1. The van der Waals surface area contributed by atoms with Gasteiger partial charge in [0.25, 0.3) is 5.91 Å². The number of aromatic nitrogens is 2. The normalized spacial score (nSPS) is 16.8. The Bertz CT molecular complexity index is 1780. The molecule has 4 aromatic rings. The van der Waals surface area contributed by atoms with Crippen molar-refractivity contribution >= 4 is 16.8 Å². The van der Waals surface area contributed by atoms with Crippen LogP contribution in [-0.2, 0) is 17.4 Å². The van der Waals surface area contributed by atoms with Gasteiger partial charge in [-0.25, -0.2) is 9.37 Å². The van der Waals surface area contributed by atoms with E-state index in [1.165, 1.54) is 19.9 Å². The molecule has 3 N–H and O–H groups in total. The standard InChI is InChI=1S/C34H33F4N3O4/c1-18-12-20-13-21(14-26(29(20)39-16-18)45-24-10-11-24)31(42)40-17-33(44,22-8-9-22)27-15-25(32(2,3)43)28(35)30(41-27)19-4-6-23(7-5-19)34(36,37)38/h4-7,12-16,22,24,43-44H,8-11,17H2,1-3H3,(H,40,42)/t33-/m1/s1. The molecule has 1 amide bonds. The number of amides is 1. The number of rotatable bonds is 9. The van der Waals surface area contributed by atoms with Crippen LogP contribution in [0.3, 0.4) is 0 Å². The highest BCUT2D eigenvalue weighted by Gasteiger charge is 2.47. The zero-order valence-electron chi connectivity index (χ0n) is 25.0. The first-order valence-electron chi connectivity index (χ1n) is 14.8. The summed E-state index contributed by atoms with van der Waals surface area (Å²) in [5.74, 6) is -1.24. The summed E-state index contributed by atoms with van der Waals surface area (Å²) in [6.45, 7) is 4.34. The van der Waals surface area contributed by atoms with Gasteiger partial charge < -0.3 is 20.3 Å². The largest absolute Gasteiger partial charge is 0.488 e. The number of pyridine rings is 2. The number of benzene rings is 2. The summed E-state index contributed by atoms with van der Waals surface area (Å²) in [5.41, 5.74) is -2.99. The minimum atomic E-state index is -4.58. The molecule has 7 nitrogen and oxygen atoms in total. The highest BCUT2D eigenvalue weighted by atomic mass is 19.4. The Morgan fingerprint density at radius 3 is 2.31 bits per heavy atom. The number of nitrogens with one attached hydrogen (secondary N) is 1. The van der Waals surface area contributed by atoms with Crippen LogP contribution in [0.15, 0.2) is 54.7 Å². The van der Waals surface area contributed by atoms with Crippen molar-refractivity contribution in [2.24, 2.45) is 5.92 Å². The van der Waals surface area contributed by atoms with E-state index >= 15 is 4.39 Å². The Labute approximate surface area is 257 Å². The van der Waals surface area contributed by atoms with E-state index in [2.05, 4.69) is 15.3 Å². The molecule has 2 fully saturated rings. The molecular weight excluding hydrogens is 590 g/mol. The Morgan fingerprint density at radius 1 is 1.02 bits per heavy atom. The van der Waals surface area contributed by atoms with Gasteiger partial charge in [0.15, 0.2) is 5.82 Å². The molecular formula is C34H33F4N3O4. The lowest BCUT2D eigenvalue weighted by molar-refractivity contribution is -0.137. The number of carbonyl (C=O) groups excluding carboxylic acids is 1. The van der Waals surface area contributed by atoms with Gasteiger partial charge in [-0.1, -0.05) is 12.1 Å². The van der Waals surface area contributed by atoms with Crippen LogP contribution in [0.5, 0.6) is 5.75 Å². The molecule has 1 atom stereocenters. The smallest absolute Gasteiger partial charge is 0.416 e. The number of hydrogen-bond acceptors (Lipinski definition) is 6. The van der Waals surface area contributed by atoms with Gasteiger partial charge >= 0.3 is 6.18 Å². The number of carbonyl (C=O) groups is 1. The molecule has 2 heterocycles. The fraction of sp³-hybridized carbons (Fsp3) is 0.382. The Kier molecular flexibility index (Phi) is 7.60. The molecule has 0 spiro atoms. The van der Waals surface area contributed by atoms with E-state index in [9.17, 15) is 28.2 Å². The van der Waals surface area contributed by atoms with Gasteiger partial charge in [-0.05, 0) is 94.3 Å². The zero-order valence-corrected chi connectivity index (χ0v) is 25.0. The maximum atomic E-state index is 15.8. The van der Waals surface area contributed by atoms with E-state index in [1.807, 2.05) is 13.0 Å². The van der Waals surface area contributed by atoms with Crippen LogP contribution >= 0.6 is 0 Å². The predicted octanol–water partition coefficient (Wildman–Crippen LogP) is 6.56. The second-order valence-corrected chi connectivity index (χ2v) is 12.6. The summed E-state index contributed by atoms with van der Waals surface area (Å²) in [5, 5.41) is 26.4. The molecule has 236 valence electrons. The average Bonchev–Trinajstić information content (AvgIpc) is 3.90. The van der Waals surface area contributed by atoms with Crippen molar-refractivity contribution in [3.63, 3.8) is 0 Å². The third-order valence-electron chi connectivity index (χ3n) is 8.28. The first-order valence-corrected chi connectivity index (χ1v) is 14.8. The summed E-state index contributed by atoms with van der Waals surface area (Å²) in [6.07, 6.45) is 0.281. The number of alkyl halides is 3. The number of halogens is 4. The molecule has 0 aliphatic heterocycles. The van der Waals surface area contributed by atoms with E-state index in [4.69, 9.17) is 4.74 Å². The first-order chi connectivity index (χ1) is 21.1. The van der Waals surface area contributed by atoms with E-state index in [1.54, 1.807) is 18.3 Å². The van der Waals surface area contributed by atoms with Crippen molar-refractivity contribution in [3.8, 4) is 17.0 Å². The number of hydrogen-bond donors (Lipinski definition) is 3. The molecule has 2 aliphatic carbocycles. The van der Waals surface area contributed by atoms with Crippen LogP contribution in [0.2, 0.25) is 0 Å². The van der Waals surface area contributed by atoms with Crippen molar-refractivity contribution in [2.75, 3.05) is 6.54 Å². The minimum Gasteiger partial charge on any atom is -0.488 e. The lowest BCUT2D eigenvalue weighted by Crippen LogP contribution is -2.43. The molecule has 2 aromatic carbocycles. The first kappa shape index (κ1) is 30.9. The van der Waals surface area contributed by atoms with Gasteiger partial charge in [-0.2, -0.15) is 13.2 Å². The third-order valence-corrected chi connectivity index (χ3v) is 8.28. The average molecular weight is 624 g/mol. The van der Waals surface area contributed by atoms with E-state index in [0.717, 1.165) is 48.1 Å². The third kappa shape index (κ3) is 6.37. The van der Waals surface area contributed by atoms with Crippen LogP contribution in [0.4, 0.5) is 17.6 Å². The van der Waals surface area contributed by atoms with Crippen molar-refractivity contribution < 1.29 is 37.3 Å². The van der Waals surface area contributed by atoms with Crippen LogP contribution < -0.4 is 10.1 Å². The summed E-state index contributed by atoms with van der Waals surface area (Å²) in [4.78, 5) is 22.4. The molecule has 0 bridgehead atoms. The summed E-state index contributed by atoms with van der Waals surface area (Å²) in [7, 11) is 0. The highest BCUT2D eigenvalue weighted by molar-refractivity contribution is 6.00. The van der Waals surface area contributed by atoms with Crippen molar-refractivity contribution in [3.05, 3.63) is 88.5 Å². The lowest BCUT2D eigenvalue weighted by atomic mass is 9.87. The Hall–Kier alpha value is -4.09. The van der Waals surface area contributed by atoms with E-state index in [0.29, 0.717) is 29.7 Å². The van der Waals surface area contributed by atoms with Gasteiger partial charge in [-0.15, -0.1) is 0 Å². The number of aliphatic hydroxyl groups is 2. The number of fused-ring (bicyclic) bond motifs is 1. The fourth-order valence-electron chi connectivity index (χ4n) is 5.44. The molecule has 0 radical (unpaired) electrons. The second-order valence-electron chi connectivity index (χ2n) is 12.6. The van der Waals surface area contributed by atoms with Gasteiger partial charge in [0.2, 0.25) is 0 Å². The summed E-state index contributed by atoms with van der Waals surface area (Å²) in [6, 6.07) is 10.3. The lowest BCUT2D eigenvalue weighted by Gasteiger charge is -2.31. The number of aryl methyl sites for hydroxylation is 1. The molecule has 0 saturated heterocycles. The monoisotopic (exact) mass is 623 g/mol. The zero-order chi connectivity index (χ0) is 32.3. The molecule has 0 unspecified atom stereocenters. The highest BCUT2D eigenvalue weighted by Crippen LogP contribution is 2.46. The van der Waals surface area contributed by atoms with Gasteiger partial charge in [0.1, 0.15) is 22.6 Å². The summed E-state index contributed by atoms with van der Waals surface area (Å²) < 4.78 is 61.4. The molecule has 2 saturated carbocycles. The van der Waals surface area contributed by atoms with Gasteiger partial charge in [0.05, 0.1) is 29.5 Å². The van der Waals surface area contributed by atoms with Gasteiger partial charge in [0, 0.05) is 28.3 Å². The number of ether oxygens (including phenoxy) is 1. The molecule has 2 aromatic heterocycles. The van der Waals surface area contributed by atoms with Gasteiger partial charge in [-0.3, -0.25) is 9.78 Å².